The smallest absolute Gasteiger partial charge is 0.210 e. The van der Waals surface area contributed by atoms with Gasteiger partial charge in [-0.1, -0.05) is 23.8 Å². The van der Waals surface area contributed by atoms with E-state index in [4.69, 9.17) is 16.3 Å². The van der Waals surface area contributed by atoms with Gasteiger partial charge in [-0.05, 0) is 42.8 Å². The topological polar surface area (TPSA) is 52.3 Å². The number of aryl methyl sites for hydroxylation is 1. The van der Waals surface area contributed by atoms with Crippen LogP contribution in [0.5, 0.6) is 5.75 Å². The summed E-state index contributed by atoms with van der Waals surface area (Å²) in [6.45, 7) is 2.03. The Bertz CT molecular complexity index is 1040. The minimum Gasteiger partial charge on any atom is -0.496 e. The maximum atomic E-state index is 6.40. The Morgan fingerprint density at radius 2 is 1.91 bits per heavy atom. The lowest BCUT2D eigenvalue weighted by molar-refractivity contribution is 0.416. The van der Waals surface area contributed by atoms with Gasteiger partial charge in [-0.15, -0.1) is 10.2 Å². The summed E-state index contributed by atoms with van der Waals surface area (Å²) in [5.74, 6) is 1.32. The van der Waals surface area contributed by atoms with Gasteiger partial charge in [0, 0.05) is 5.39 Å². The summed E-state index contributed by atoms with van der Waals surface area (Å²) in [7, 11) is 1.63. The normalized spacial score (nSPS) is 11.3. The molecule has 114 valence electrons. The second-order valence-electron chi connectivity index (χ2n) is 5.28. The van der Waals surface area contributed by atoms with Crippen LogP contribution in [0.4, 0.5) is 0 Å². The maximum Gasteiger partial charge on any atom is 0.210 e. The number of fused-ring (bicyclic) bond motifs is 3. The third-order valence-corrected chi connectivity index (χ3v) is 4.05. The van der Waals surface area contributed by atoms with Crippen molar-refractivity contribution in [3.8, 4) is 17.1 Å². The van der Waals surface area contributed by atoms with E-state index in [0.717, 1.165) is 22.0 Å². The van der Waals surface area contributed by atoms with E-state index in [0.29, 0.717) is 22.5 Å². The van der Waals surface area contributed by atoms with Gasteiger partial charge in [-0.2, -0.15) is 0 Å². The standard InChI is InChI=1S/C17H13ClN4O/c1-10-7-8-13-12(9-10)16-21-20-15(22(16)17(18)19-13)11-5-3-4-6-14(11)23-2/h3-9H,1-2H3. The zero-order valence-corrected chi connectivity index (χ0v) is 13.4. The van der Waals surface area contributed by atoms with Crippen molar-refractivity contribution in [2.75, 3.05) is 7.11 Å². The maximum absolute atomic E-state index is 6.40. The highest BCUT2D eigenvalue weighted by Gasteiger charge is 2.17. The highest BCUT2D eigenvalue weighted by molar-refractivity contribution is 6.29. The zero-order valence-electron chi connectivity index (χ0n) is 12.6. The van der Waals surface area contributed by atoms with Crippen molar-refractivity contribution >= 4 is 28.2 Å². The Morgan fingerprint density at radius 1 is 1.09 bits per heavy atom. The first-order valence-corrected chi connectivity index (χ1v) is 7.51. The van der Waals surface area contributed by atoms with Crippen LogP contribution in [-0.2, 0) is 0 Å². The van der Waals surface area contributed by atoms with Gasteiger partial charge >= 0.3 is 0 Å². The molecule has 0 aliphatic rings. The third-order valence-electron chi connectivity index (χ3n) is 3.80. The first kappa shape index (κ1) is 14.0. The van der Waals surface area contributed by atoms with Gasteiger partial charge in [0.2, 0.25) is 5.28 Å². The predicted octanol–water partition coefficient (Wildman–Crippen LogP) is 3.91. The molecular formula is C17H13ClN4O. The molecule has 2 aromatic heterocycles. The molecule has 4 rings (SSSR count). The van der Waals surface area contributed by atoms with Crippen LogP contribution in [0, 0.1) is 6.92 Å². The largest absolute Gasteiger partial charge is 0.496 e. The lowest BCUT2D eigenvalue weighted by Crippen LogP contribution is -1.97. The molecule has 0 saturated carbocycles. The predicted molar refractivity (Wildman–Crippen MR) is 90.0 cm³/mol. The summed E-state index contributed by atoms with van der Waals surface area (Å²) in [4.78, 5) is 4.47. The van der Waals surface area contributed by atoms with Crippen LogP contribution in [0.15, 0.2) is 42.5 Å². The molecule has 0 saturated heterocycles. The van der Waals surface area contributed by atoms with Crippen molar-refractivity contribution in [1.29, 1.82) is 0 Å². The van der Waals surface area contributed by atoms with Crippen molar-refractivity contribution in [2.45, 2.75) is 6.92 Å². The van der Waals surface area contributed by atoms with Gasteiger partial charge in [-0.25, -0.2) is 9.38 Å². The third kappa shape index (κ3) is 2.12. The molecule has 0 fully saturated rings. The molecule has 0 aliphatic heterocycles. The molecule has 6 heteroatoms. The summed E-state index contributed by atoms with van der Waals surface area (Å²) >= 11 is 6.40. The molecule has 0 radical (unpaired) electrons. The number of halogens is 1. The lowest BCUT2D eigenvalue weighted by atomic mass is 10.1. The first-order chi connectivity index (χ1) is 11.2. The summed E-state index contributed by atoms with van der Waals surface area (Å²) in [5, 5.41) is 9.90. The molecular weight excluding hydrogens is 312 g/mol. The number of para-hydroxylation sites is 1. The van der Waals surface area contributed by atoms with E-state index >= 15 is 0 Å². The minimum atomic E-state index is 0.322. The highest BCUT2D eigenvalue weighted by Crippen LogP contribution is 2.31. The molecule has 0 amide bonds. The molecule has 0 unspecified atom stereocenters. The van der Waals surface area contributed by atoms with Gasteiger partial charge < -0.3 is 4.74 Å². The lowest BCUT2D eigenvalue weighted by Gasteiger charge is -2.08. The van der Waals surface area contributed by atoms with E-state index in [1.165, 1.54) is 0 Å². The number of hydrogen-bond acceptors (Lipinski definition) is 4. The minimum absolute atomic E-state index is 0.322. The fourth-order valence-corrected chi connectivity index (χ4v) is 2.96. The van der Waals surface area contributed by atoms with E-state index in [1.54, 1.807) is 11.5 Å². The van der Waals surface area contributed by atoms with Crippen LogP contribution in [0.3, 0.4) is 0 Å². The number of methoxy groups -OCH3 is 1. The van der Waals surface area contributed by atoms with Crippen molar-refractivity contribution in [3.63, 3.8) is 0 Å². The molecule has 5 nitrogen and oxygen atoms in total. The van der Waals surface area contributed by atoms with Crippen LogP contribution < -0.4 is 4.74 Å². The average Bonchev–Trinajstić information content (AvgIpc) is 3.01. The van der Waals surface area contributed by atoms with Gasteiger partial charge in [0.25, 0.3) is 0 Å². The van der Waals surface area contributed by atoms with Crippen LogP contribution >= 0.6 is 11.6 Å². The van der Waals surface area contributed by atoms with Crippen LogP contribution in [0.2, 0.25) is 5.28 Å². The molecule has 0 N–H and O–H groups in total. The summed E-state index contributed by atoms with van der Waals surface area (Å²) in [6.07, 6.45) is 0. The Hall–Kier alpha value is -2.66. The van der Waals surface area contributed by atoms with Crippen LogP contribution in [0.25, 0.3) is 27.9 Å². The van der Waals surface area contributed by atoms with Crippen LogP contribution in [-0.4, -0.2) is 26.7 Å². The molecule has 2 aromatic carbocycles. The monoisotopic (exact) mass is 324 g/mol. The van der Waals surface area contributed by atoms with Crippen molar-refractivity contribution in [1.82, 2.24) is 19.6 Å². The van der Waals surface area contributed by atoms with E-state index < -0.39 is 0 Å². The Balaban J connectivity index is 2.10. The average molecular weight is 325 g/mol. The number of rotatable bonds is 2. The molecule has 0 spiro atoms. The molecule has 0 bridgehead atoms. The Labute approximate surface area is 137 Å². The first-order valence-electron chi connectivity index (χ1n) is 7.13. The Kier molecular flexibility index (Phi) is 3.16. The van der Waals surface area contributed by atoms with Crippen molar-refractivity contribution < 1.29 is 4.74 Å². The molecule has 0 aliphatic carbocycles. The number of hydrogen-bond donors (Lipinski definition) is 0. The second kappa shape index (κ2) is 5.21. The quantitative estimate of drug-likeness (QED) is 0.524. The van der Waals surface area contributed by atoms with Crippen molar-refractivity contribution in [3.05, 3.63) is 53.3 Å². The fraction of sp³-hybridized carbons (Fsp3) is 0.118. The molecule has 23 heavy (non-hydrogen) atoms. The molecule has 0 atom stereocenters. The summed E-state index contributed by atoms with van der Waals surface area (Å²) < 4.78 is 7.17. The Morgan fingerprint density at radius 3 is 2.74 bits per heavy atom. The highest BCUT2D eigenvalue weighted by atomic mass is 35.5. The van der Waals surface area contributed by atoms with E-state index in [9.17, 15) is 0 Å². The van der Waals surface area contributed by atoms with Crippen molar-refractivity contribution in [2.24, 2.45) is 0 Å². The van der Waals surface area contributed by atoms with Gasteiger partial charge in [0.15, 0.2) is 11.5 Å². The van der Waals surface area contributed by atoms with Gasteiger partial charge in [0.1, 0.15) is 5.75 Å². The summed E-state index contributed by atoms with van der Waals surface area (Å²) in [5.41, 5.74) is 3.43. The number of aromatic nitrogens is 4. The zero-order chi connectivity index (χ0) is 16.0. The van der Waals surface area contributed by atoms with E-state index in [2.05, 4.69) is 15.2 Å². The fourth-order valence-electron chi connectivity index (χ4n) is 2.71. The van der Waals surface area contributed by atoms with Gasteiger partial charge in [0.05, 0.1) is 18.2 Å². The number of ether oxygens (including phenoxy) is 1. The number of benzene rings is 2. The molecule has 4 aromatic rings. The van der Waals surface area contributed by atoms with E-state index in [1.807, 2.05) is 49.4 Å². The summed E-state index contributed by atoms with van der Waals surface area (Å²) in [6, 6.07) is 13.6. The molecule has 2 heterocycles. The number of nitrogens with zero attached hydrogens (tertiary/aromatic N) is 4. The second-order valence-corrected chi connectivity index (χ2v) is 5.62. The SMILES string of the molecule is COc1ccccc1-c1nnc2c3cc(C)ccc3nc(Cl)n12. The van der Waals surface area contributed by atoms with E-state index in [-0.39, 0.29) is 0 Å². The van der Waals surface area contributed by atoms with Crippen LogP contribution in [0.1, 0.15) is 5.56 Å². The van der Waals surface area contributed by atoms with Gasteiger partial charge in [-0.3, -0.25) is 0 Å².